The van der Waals surface area contributed by atoms with E-state index in [1.165, 1.54) is 11.1 Å². The zero-order valence-corrected chi connectivity index (χ0v) is 12.1. The fraction of sp³-hybridized carbons (Fsp3) is 0.562. The van der Waals surface area contributed by atoms with Gasteiger partial charge in [0, 0.05) is 19.7 Å². The van der Waals surface area contributed by atoms with Gasteiger partial charge in [0.25, 0.3) is 5.91 Å². The van der Waals surface area contributed by atoms with Crippen molar-refractivity contribution in [2.24, 2.45) is 0 Å². The van der Waals surface area contributed by atoms with Crippen LogP contribution >= 0.6 is 0 Å². The number of rotatable bonds is 6. The highest BCUT2D eigenvalue weighted by Crippen LogP contribution is 2.29. The third kappa shape index (κ3) is 3.57. The molecule has 3 heteroatoms. The highest BCUT2D eigenvalue weighted by Gasteiger charge is 2.34. The second-order valence-electron chi connectivity index (χ2n) is 5.25. The van der Waals surface area contributed by atoms with Gasteiger partial charge in [-0.15, -0.1) is 0 Å². The minimum Gasteiger partial charge on any atom is -0.372 e. The number of hydrogen-bond donors (Lipinski definition) is 0. The van der Waals surface area contributed by atoms with E-state index in [0.29, 0.717) is 12.6 Å². The van der Waals surface area contributed by atoms with Crippen molar-refractivity contribution in [2.75, 3.05) is 7.11 Å². The number of benzene rings is 1. The van der Waals surface area contributed by atoms with Crippen LogP contribution in [0.15, 0.2) is 24.3 Å². The molecule has 0 aliphatic heterocycles. The molecule has 1 aromatic carbocycles. The van der Waals surface area contributed by atoms with E-state index in [-0.39, 0.29) is 12.0 Å². The topological polar surface area (TPSA) is 29.5 Å². The molecule has 104 valence electrons. The second kappa shape index (κ2) is 6.20. The Labute approximate surface area is 115 Å². The Morgan fingerprint density at radius 1 is 1.32 bits per heavy atom. The molecule has 0 saturated heterocycles. The van der Waals surface area contributed by atoms with E-state index >= 15 is 0 Å². The Balaban J connectivity index is 2.05. The van der Waals surface area contributed by atoms with Gasteiger partial charge in [-0.2, -0.15) is 0 Å². The maximum Gasteiger partial charge on any atom is 0.251 e. The van der Waals surface area contributed by atoms with Crippen LogP contribution in [0.4, 0.5) is 0 Å². The molecule has 1 amide bonds. The van der Waals surface area contributed by atoms with Gasteiger partial charge in [0.2, 0.25) is 0 Å². The third-order valence-electron chi connectivity index (χ3n) is 3.76. The highest BCUT2D eigenvalue weighted by molar-refractivity contribution is 5.81. The number of hydrogen-bond acceptors (Lipinski definition) is 2. The van der Waals surface area contributed by atoms with Gasteiger partial charge in [-0.05, 0) is 37.3 Å². The van der Waals surface area contributed by atoms with Crippen molar-refractivity contribution in [3.05, 3.63) is 35.4 Å². The molecule has 0 N–H and O–H groups in total. The van der Waals surface area contributed by atoms with Crippen molar-refractivity contribution in [2.45, 2.75) is 51.8 Å². The summed E-state index contributed by atoms with van der Waals surface area (Å²) in [5, 5.41) is 0. The molecule has 3 nitrogen and oxygen atoms in total. The van der Waals surface area contributed by atoms with Crippen molar-refractivity contribution >= 4 is 5.91 Å². The normalized spacial score (nSPS) is 16.2. The maximum absolute atomic E-state index is 12.3. The predicted molar refractivity (Wildman–Crippen MR) is 75.9 cm³/mol. The van der Waals surface area contributed by atoms with E-state index in [1.807, 2.05) is 11.8 Å². The van der Waals surface area contributed by atoms with Crippen molar-refractivity contribution in [1.29, 1.82) is 0 Å². The van der Waals surface area contributed by atoms with E-state index in [9.17, 15) is 4.79 Å². The smallest absolute Gasteiger partial charge is 0.251 e. The number of ether oxygens (including phenoxy) is 1. The predicted octanol–water partition coefficient (Wildman–Crippen LogP) is 2.77. The molecule has 0 heterocycles. The molecule has 0 aromatic heterocycles. The third-order valence-corrected chi connectivity index (χ3v) is 3.76. The summed E-state index contributed by atoms with van der Waals surface area (Å²) in [6, 6.07) is 8.95. The van der Waals surface area contributed by atoms with Gasteiger partial charge >= 0.3 is 0 Å². The molecule has 19 heavy (non-hydrogen) atoms. The maximum atomic E-state index is 12.3. The van der Waals surface area contributed by atoms with E-state index in [1.54, 1.807) is 7.11 Å². The first kappa shape index (κ1) is 14.1. The Hall–Kier alpha value is -1.35. The van der Waals surface area contributed by atoms with Crippen molar-refractivity contribution < 1.29 is 9.53 Å². The highest BCUT2D eigenvalue weighted by atomic mass is 16.5. The quantitative estimate of drug-likeness (QED) is 0.788. The van der Waals surface area contributed by atoms with Crippen LogP contribution in [-0.4, -0.2) is 30.1 Å². The average molecular weight is 261 g/mol. The van der Waals surface area contributed by atoms with Gasteiger partial charge in [-0.1, -0.05) is 31.2 Å². The van der Waals surface area contributed by atoms with Crippen LogP contribution in [0, 0.1) is 0 Å². The lowest BCUT2D eigenvalue weighted by Crippen LogP contribution is -2.39. The fourth-order valence-electron chi connectivity index (χ4n) is 2.18. The summed E-state index contributed by atoms with van der Waals surface area (Å²) in [4.78, 5) is 14.3. The van der Waals surface area contributed by atoms with Crippen LogP contribution in [0.25, 0.3) is 0 Å². The van der Waals surface area contributed by atoms with Gasteiger partial charge in [0.05, 0.1) is 0 Å². The van der Waals surface area contributed by atoms with Crippen molar-refractivity contribution in [3.63, 3.8) is 0 Å². The lowest BCUT2D eigenvalue weighted by molar-refractivity contribution is -0.142. The lowest BCUT2D eigenvalue weighted by atomic mass is 10.1. The zero-order valence-electron chi connectivity index (χ0n) is 12.1. The van der Waals surface area contributed by atoms with Crippen LogP contribution in [0.3, 0.4) is 0 Å². The van der Waals surface area contributed by atoms with E-state index in [4.69, 9.17) is 4.74 Å². The number of methoxy groups -OCH3 is 1. The summed E-state index contributed by atoms with van der Waals surface area (Å²) in [5.74, 6) is 0.101. The largest absolute Gasteiger partial charge is 0.372 e. The standard InChI is InChI=1S/C16H23NO2/c1-4-13-5-7-14(8-6-13)11-17(15-9-10-15)16(18)12(2)19-3/h5-8,12,15H,4,9-11H2,1-3H3. The number of aryl methyl sites for hydroxylation is 1. The minimum absolute atomic E-state index is 0.101. The number of amides is 1. The molecule has 1 aromatic rings. The first-order valence-electron chi connectivity index (χ1n) is 7.06. The Bertz CT molecular complexity index is 423. The molecule has 0 radical (unpaired) electrons. The second-order valence-corrected chi connectivity index (χ2v) is 5.25. The summed E-state index contributed by atoms with van der Waals surface area (Å²) in [5.41, 5.74) is 2.53. The fourth-order valence-corrected chi connectivity index (χ4v) is 2.18. The molecule has 1 saturated carbocycles. The van der Waals surface area contributed by atoms with E-state index in [2.05, 4.69) is 31.2 Å². The van der Waals surface area contributed by atoms with Crippen LogP contribution in [-0.2, 0) is 22.5 Å². The SMILES string of the molecule is CCc1ccc(CN(C(=O)C(C)OC)C2CC2)cc1. The monoisotopic (exact) mass is 261 g/mol. The van der Waals surface area contributed by atoms with Gasteiger partial charge in [0.1, 0.15) is 6.10 Å². The van der Waals surface area contributed by atoms with Crippen LogP contribution in [0.1, 0.15) is 37.8 Å². The Morgan fingerprint density at radius 3 is 2.37 bits per heavy atom. The molecule has 2 rings (SSSR count). The summed E-state index contributed by atoms with van der Waals surface area (Å²) in [6.45, 7) is 4.66. The van der Waals surface area contributed by atoms with Crippen LogP contribution in [0.2, 0.25) is 0 Å². The first-order chi connectivity index (χ1) is 9.15. The average Bonchev–Trinajstić information content (AvgIpc) is 3.28. The van der Waals surface area contributed by atoms with Gasteiger partial charge < -0.3 is 9.64 Å². The number of nitrogens with zero attached hydrogens (tertiary/aromatic N) is 1. The van der Waals surface area contributed by atoms with Crippen molar-refractivity contribution in [1.82, 2.24) is 4.90 Å². The molecule has 1 aliphatic rings. The summed E-state index contributed by atoms with van der Waals surface area (Å²) < 4.78 is 5.15. The number of carbonyl (C=O) groups is 1. The van der Waals surface area contributed by atoms with Crippen LogP contribution in [0.5, 0.6) is 0 Å². The van der Waals surface area contributed by atoms with Crippen LogP contribution < -0.4 is 0 Å². The molecule has 1 fully saturated rings. The summed E-state index contributed by atoms with van der Waals surface area (Å²) in [7, 11) is 1.59. The molecule has 0 spiro atoms. The Morgan fingerprint density at radius 2 is 1.89 bits per heavy atom. The summed E-state index contributed by atoms with van der Waals surface area (Å²) >= 11 is 0. The molecule has 1 aliphatic carbocycles. The summed E-state index contributed by atoms with van der Waals surface area (Å²) in [6.07, 6.45) is 2.94. The van der Waals surface area contributed by atoms with E-state index in [0.717, 1.165) is 19.3 Å². The van der Waals surface area contributed by atoms with Gasteiger partial charge in [-0.25, -0.2) is 0 Å². The minimum atomic E-state index is -0.351. The molecular formula is C16H23NO2. The number of carbonyl (C=O) groups excluding carboxylic acids is 1. The van der Waals surface area contributed by atoms with Gasteiger partial charge in [-0.3, -0.25) is 4.79 Å². The molecule has 0 bridgehead atoms. The molecule has 1 unspecified atom stereocenters. The lowest BCUT2D eigenvalue weighted by Gasteiger charge is -2.25. The molecular weight excluding hydrogens is 238 g/mol. The van der Waals surface area contributed by atoms with Crippen molar-refractivity contribution in [3.8, 4) is 0 Å². The van der Waals surface area contributed by atoms with E-state index < -0.39 is 0 Å². The Kier molecular flexibility index (Phi) is 4.59. The molecule has 1 atom stereocenters. The first-order valence-corrected chi connectivity index (χ1v) is 7.06. The van der Waals surface area contributed by atoms with Gasteiger partial charge in [0.15, 0.2) is 0 Å². The zero-order chi connectivity index (χ0) is 13.8.